The standard InChI is InChI=1S/C38H48N4O9/c1-4-17-49-32-20-31(28-15-16-30(48-3)23(2)34(28)40-32)50-27-19-29-35(44)41-38(36(45)46)21-24(38)11-7-5-6-8-12-25(18-33(43)42(29)22-27)39-37(47)51-26-13-9-10-14-26/h4,7,11,15-16,20,24-27,29H,1,5-6,8-10,12-14,17-19,21-22H2,2-3H3,(H,39,47)(H,41,44)(H,45,46)/b11-7-/t24-,25-,27+,29-,38+/m0/s1. The van der Waals surface area contributed by atoms with Crippen molar-refractivity contribution in [3.8, 4) is 17.4 Å². The molecule has 274 valence electrons. The zero-order chi connectivity index (χ0) is 36.1. The van der Waals surface area contributed by atoms with E-state index in [1.165, 1.54) is 4.90 Å². The zero-order valence-corrected chi connectivity index (χ0v) is 29.4. The smallest absolute Gasteiger partial charge is 0.407 e. The maximum Gasteiger partial charge on any atom is 0.407 e. The van der Waals surface area contributed by atoms with Gasteiger partial charge in [-0.05, 0) is 70.4 Å². The van der Waals surface area contributed by atoms with Crippen molar-refractivity contribution in [1.29, 1.82) is 0 Å². The molecule has 4 aliphatic rings. The van der Waals surface area contributed by atoms with Gasteiger partial charge in [-0.25, -0.2) is 14.6 Å². The summed E-state index contributed by atoms with van der Waals surface area (Å²) in [5.74, 6) is -0.940. The summed E-state index contributed by atoms with van der Waals surface area (Å²) in [6.07, 6.45) is 11.0. The van der Waals surface area contributed by atoms with E-state index in [0.29, 0.717) is 34.7 Å². The molecule has 51 heavy (non-hydrogen) atoms. The SMILES string of the molecule is C=CCOc1cc(O[C@@H]2C[C@H]3C(=O)N[C@]4(C(=O)O)C[C@@H]4/C=C\CCCC[C@H](NC(=O)OC4CCCC4)CC(=O)N3C2)c2ccc(OC)c(C)c2n1. The summed E-state index contributed by atoms with van der Waals surface area (Å²) in [6.45, 7) is 5.90. The number of allylic oxidation sites excluding steroid dienone is 1. The number of methoxy groups -OCH3 is 1. The minimum Gasteiger partial charge on any atom is -0.496 e. The summed E-state index contributed by atoms with van der Waals surface area (Å²) in [7, 11) is 1.58. The van der Waals surface area contributed by atoms with Crippen molar-refractivity contribution in [1.82, 2.24) is 20.5 Å². The maximum absolute atomic E-state index is 14.1. The van der Waals surface area contributed by atoms with Crippen LogP contribution in [0.2, 0.25) is 0 Å². The number of hydrogen-bond donors (Lipinski definition) is 3. The molecule has 3 heterocycles. The monoisotopic (exact) mass is 704 g/mol. The quantitative estimate of drug-likeness (QED) is 0.303. The Morgan fingerprint density at radius 3 is 2.67 bits per heavy atom. The minimum absolute atomic E-state index is 0.0461. The summed E-state index contributed by atoms with van der Waals surface area (Å²) in [5.41, 5.74) is -0.0260. The van der Waals surface area contributed by atoms with Gasteiger partial charge in [-0.3, -0.25) is 9.59 Å². The van der Waals surface area contributed by atoms with Crippen LogP contribution in [0.15, 0.2) is 43.0 Å². The molecule has 13 nitrogen and oxygen atoms in total. The number of alkyl carbamates (subject to hydrolysis) is 1. The van der Waals surface area contributed by atoms with Gasteiger partial charge in [0.2, 0.25) is 17.7 Å². The second kappa shape index (κ2) is 15.6. The fraction of sp³-hybridized carbons (Fsp3) is 0.553. The van der Waals surface area contributed by atoms with Crippen LogP contribution in [0.5, 0.6) is 17.4 Å². The average Bonchev–Trinajstić information content (AvgIpc) is 3.38. The van der Waals surface area contributed by atoms with Gasteiger partial charge in [-0.2, -0.15) is 0 Å². The van der Waals surface area contributed by atoms with Gasteiger partial charge in [-0.1, -0.05) is 31.2 Å². The maximum atomic E-state index is 14.1. The molecule has 3 amide bonds. The molecule has 0 unspecified atom stereocenters. The van der Waals surface area contributed by atoms with Crippen molar-refractivity contribution in [2.24, 2.45) is 5.92 Å². The van der Waals surface area contributed by atoms with Gasteiger partial charge >= 0.3 is 12.1 Å². The Morgan fingerprint density at radius 1 is 1.14 bits per heavy atom. The Bertz CT molecular complexity index is 1690. The largest absolute Gasteiger partial charge is 0.496 e. The lowest BCUT2D eigenvalue weighted by molar-refractivity contribution is -0.145. The number of rotatable bonds is 9. The zero-order valence-electron chi connectivity index (χ0n) is 29.4. The number of carbonyl (C=O) groups excluding carboxylic acids is 3. The molecule has 2 aromatic rings. The molecular formula is C38H48N4O9. The van der Waals surface area contributed by atoms with Crippen LogP contribution in [0.25, 0.3) is 10.9 Å². The van der Waals surface area contributed by atoms with Gasteiger partial charge in [0.25, 0.3) is 0 Å². The Labute approximate surface area is 297 Å². The molecule has 13 heteroatoms. The van der Waals surface area contributed by atoms with E-state index < -0.39 is 41.7 Å². The molecular weight excluding hydrogens is 656 g/mol. The molecule has 1 aromatic heterocycles. The van der Waals surface area contributed by atoms with Gasteiger partial charge in [0.1, 0.15) is 41.9 Å². The van der Waals surface area contributed by atoms with E-state index in [1.54, 1.807) is 19.3 Å². The first-order valence-corrected chi connectivity index (χ1v) is 18.0. The molecule has 2 saturated carbocycles. The van der Waals surface area contributed by atoms with Crippen LogP contribution < -0.4 is 24.8 Å². The fourth-order valence-electron chi connectivity index (χ4n) is 7.57. The van der Waals surface area contributed by atoms with Gasteiger partial charge in [0.15, 0.2) is 0 Å². The molecule has 0 radical (unpaired) electrons. The molecule has 0 bridgehead atoms. The lowest BCUT2D eigenvalue weighted by Crippen LogP contribution is -2.53. The van der Waals surface area contributed by atoms with E-state index in [2.05, 4.69) is 22.2 Å². The van der Waals surface area contributed by atoms with E-state index in [-0.39, 0.29) is 50.3 Å². The van der Waals surface area contributed by atoms with Crippen LogP contribution >= 0.6 is 0 Å². The number of nitrogens with zero attached hydrogens (tertiary/aromatic N) is 2. The van der Waals surface area contributed by atoms with Crippen LogP contribution in [0.1, 0.15) is 76.2 Å². The van der Waals surface area contributed by atoms with E-state index in [9.17, 15) is 24.3 Å². The van der Waals surface area contributed by atoms with E-state index in [0.717, 1.165) is 50.5 Å². The number of hydrogen-bond acceptors (Lipinski definition) is 9. The Morgan fingerprint density at radius 2 is 1.92 bits per heavy atom. The first-order chi connectivity index (χ1) is 24.6. The lowest BCUT2D eigenvalue weighted by Gasteiger charge is -2.27. The molecule has 3 fully saturated rings. The van der Waals surface area contributed by atoms with Crippen LogP contribution in [-0.2, 0) is 19.1 Å². The number of benzene rings is 1. The van der Waals surface area contributed by atoms with Crippen LogP contribution in [-0.4, -0.2) is 89.0 Å². The first kappa shape index (κ1) is 36.0. The summed E-state index contributed by atoms with van der Waals surface area (Å²) in [5, 5.41) is 16.6. The van der Waals surface area contributed by atoms with Crippen molar-refractivity contribution in [3.05, 3.63) is 48.6 Å². The summed E-state index contributed by atoms with van der Waals surface area (Å²) in [6, 6.07) is 3.83. The van der Waals surface area contributed by atoms with Crippen LogP contribution in [0.3, 0.4) is 0 Å². The van der Waals surface area contributed by atoms with Crippen molar-refractivity contribution >= 4 is 34.8 Å². The molecule has 0 spiro atoms. The number of aliphatic carboxylic acids is 1. The number of carbonyl (C=O) groups is 4. The number of amides is 3. The first-order valence-electron chi connectivity index (χ1n) is 18.0. The van der Waals surface area contributed by atoms with Gasteiger partial charge in [0.05, 0.1) is 19.2 Å². The highest BCUT2D eigenvalue weighted by atomic mass is 16.6. The second-order valence-corrected chi connectivity index (χ2v) is 14.0. The fourth-order valence-corrected chi connectivity index (χ4v) is 7.57. The molecule has 6 rings (SSSR count). The highest BCUT2D eigenvalue weighted by Crippen LogP contribution is 2.45. The number of aromatic nitrogens is 1. The summed E-state index contributed by atoms with van der Waals surface area (Å²) < 4.78 is 23.5. The van der Waals surface area contributed by atoms with Crippen molar-refractivity contribution in [2.75, 3.05) is 20.3 Å². The summed E-state index contributed by atoms with van der Waals surface area (Å²) >= 11 is 0. The number of aryl methyl sites for hydroxylation is 1. The number of nitrogens with one attached hydrogen (secondary N) is 2. The second-order valence-electron chi connectivity index (χ2n) is 14.0. The molecule has 1 aromatic carbocycles. The molecule has 5 atom stereocenters. The summed E-state index contributed by atoms with van der Waals surface area (Å²) in [4.78, 5) is 59.6. The molecule has 1 saturated heterocycles. The average molecular weight is 705 g/mol. The normalized spacial score (nSPS) is 27.6. The van der Waals surface area contributed by atoms with E-state index in [1.807, 2.05) is 31.2 Å². The van der Waals surface area contributed by atoms with Gasteiger partial charge in [-0.15, -0.1) is 0 Å². The van der Waals surface area contributed by atoms with Crippen molar-refractivity contribution in [2.45, 2.75) is 107 Å². The predicted molar refractivity (Wildman–Crippen MR) is 188 cm³/mol. The Kier molecular flexibility index (Phi) is 11.0. The van der Waals surface area contributed by atoms with Gasteiger partial charge in [0, 0.05) is 41.8 Å². The highest BCUT2D eigenvalue weighted by molar-refractivity contribution is 5.95. The number of carboxylic acids is 1. The lowest BCUT2D eigenvalue weighted by atomic mass is 10.0. The van der Waals surface area contributed by atoms with Crippen LogP contribution in [0, 0.1) is 12.8 Å². The molecule has 2 aliphatic heterocycles. The number of fused-ring (bicyclic) bond motifs is 3. The predicted octanol–water partition coefficient (Wildman–Crippen LogP) is 4.98. The Balaban J connectivity index is 1.28. The minimum atomic E-state index is -1.43. The Hall–Kier alpha value is -4.81. The van der Waals surface area contributed by atoms with Crippen LogP contribution in [0.4, 0.5) is 4.79 Å². The topological polar surface area (TPSA) is 166 Å². The highest BCUT2D eigenvalue weighted by Gasteiger charge is 2.61. The number of pyridine rings is 1. The third kappa shape index (κ3) is 8.07. The number of ether oxygens (including phenoxy) is 4. The van der Waals surface area contributed by atoms with E-state index >= 15 is 0 Å². The van der Waals surface area contributed by atoms with Crippen molar-refractivity contribution < 1.29 is 43.2 Å². The number of carboxylic acid groups (broad SMARTS) is 1. The molecule has 2 aliphatic carbocycles. The third-order valence-corrected chi connectivity index (χ3v) is 10.5. The van der Waals surface area contributed by atoms with E-state index in [4.69, 9.17) is 18.9 Å². The molecule has 3 N–H and O–H groups in total. The third-order valence-electron chi connectivity index (χ3n) is 10.5. The van der Waals surface area contributed by atoms with Crippen molar-refractivity contribution in [3.63, 3.8) is 0 Å². The van der Waals surface area contributed by atoms with Gasteiger partial charge < -0.3 is 39.6 Å².